The van der Waals surface area contributed by atoms with Gasteiger partial charge in [-0.1, -0.05) is 71.6 Å². The van der Waals surface area contributed by atoms with Gasteiger partial charge in [0, 0.05) is 34.1 Å². The molecule has 0 fully saturated rings. The number of nitrogens with zero attached hydrogens (tertiary/aromatic N) is 2. The average Bonchev–Trinajstić information content (AvgIpc) is 3.02. The van der Waals surface area contributed by atoms with E-state index in [9.17, 15) is 4.39 Å². The number of hydrogen-bond donors (Lipinski definition) is 0. The number of anilines is 6. The van der Waals surface area contributed by atoms with E-state index in [1.54, 1.807) is 0 Å². The molecular formula is C36H30B2FN2P. The zero-order valence-corrected chi connectivity index (χ0v) is 24.9. The molecule has 0 aliphatic rings. The second-order valence-electron chi connectivity index (χ2n) is 10.5. The van der Waals surface area contributed by atoms with Crippen LogP contribution in [0.15, 0.2) is 146 Å². The maximum absolute atomic E-state index is 13.7. The summed E-state index contributed by atoms with van der Waals surface area (Å²) >= 11 is 0. The van der Waals surface area contributed by atoms with Gasteiger partial charge in [-0.2, -0.15) is 0 Å². The molecule has 1 unspecified atom stereocenters. The molecule has 6 heteroatoms. The smallest absolute Gasteiger partial charge is 0.139 e. The summed E-state index contributed by atoms with van der Waals surface area (Å²) in [5.41, 5.74) is 11.0. The summed E-state index contributed by atoms with van der Waals surface area (Å²) in [6.07, 6.45) is 0. The van der Waals surface area contributed by atoms with Gasteiger partial charge in [0.1, 0.15) is 21.5 Å². The fourth-order valence-corrected chi connectivity index (χ4v) is 5.29. The molecule has 42 heavy (non-hydrogen) atoms. The minimum atomic E-state index is -0.249. The zero-order valence-electron chi connectivity index (χ0n) is 23.7. The third kappa shape index (κ3) is 6.03. The van der Waals surface area contributed by atoms with Crippen molar-refractivity contribution in [3.05, 3.63) is 151 Å². The molecule has 0 bridgehead atoms. The van der Waals surface area contributed by atoms with E-state index in [-0.39, 0.29) is 5.82 Å². The maximum atomic E-state index is 13.7. The second kappa shape index (κ2) is 12.1. The van der Waals surface area contributed by atoms with E-state index in [1.165, 1.54) is 23.1 Å². The van der Waals surface area contributed by atoms with Crippen LogP contribution >= 0.6 is 9.24 Å². The SMILES string of the molecule is Bc1ccc(N(c2ccc(B)cc2)c2ccc(-c3ccc(N(c4ccc(F)cc4)c4ccc(P)cc4)cc3)cc2)cc1. The molecule has 0 spiro atoms. The van der Waals surface area contributed by atoms with Crippen LogP contribution in [0.3, 0.4) is 0 Å². The van der Waals surface area contributed by atoms with Gasteiger partial charge in [0.2, 0.25) is 0 Å². The molecule has 202 valence electrons. The van der Waals surface area contributed by atoms with E-state index in [0.717, 1.165) is 50.6 Å². The summed E-state index contributed by atoms with van der Waals surface area (Å²) in [6, 6.07) is 49.4. The molecule has 0 heterocycles. The van der Waals surface area contributed by atoms with E-state index >= 15 is 0 Å². The van der Waals surface area contributed by atoms with Crippen molar-refractivity contribution in [1.82, 2.24) is 0 Å². The van der Waals surface area contributed by atoms with Crippen LogP contribution in [0.1, 0.15) is 0 Å². The van der Waals surface area contributed by atoms with Gasteiger partial charge in [0.25, 0.3) is 0 Å². The van der Waals surface area contributed by atoms with Crippen molar-refractivity contribution >= 4 is 75.3 Å². The Bertz CT molecular complexity index is 1540. The largest absolute Gasteiger partial charge is 0.311 e. The van der Waals surface area contributed by atoms with Gasteiger partial charge >= 0.3 is 0 Å². The fraction of sp³-hybridized carbons (Fsp3) is 0. The second-order valence-corrected chi connectivity index (χ2v) is 11.2. The molecule has 0 N–H and O–H groups in total. The van der Waals surface area contributed by atoms with Crippen LogP contribution in [-0.2, 0) is 0 Å². The molecular weight excluding hydrogens is 532 g/mol. The summed E-state index contributed by atoms with van der Waals surface area (Å²) in [5, 5.41) is 1.11. The highest BCUT2D eigenvalue weighted by molar-refractivity contribution is 7.27. The van der Waals surface area contributed by atoms with Gasteiger partial charge in [-0.25, -0.2) is 4.39 Å². The van der Waals surface area contributed by atoms with Crippen LogP contribution in [0.2, 0.25) is 0 Å². The molecule has 0 aliphatic heterocycles. The lowest BCUT2D eigenvalue weighted by molar-refractivity contribution is 0.628. The Kier molecular flexibility index (Phi) is 7.95. The van der Waals surface area contributed by atoms with E-state index in [2.05, 4.69) is 156 Å². The van der Waals surface area contributed by atoms with Crippen LogP contribution in [0.25, 0.3) is 11.1 Å². The minimum absolute atomic E-state index is 0.249. The molecule has 6 aromatic rings. The lowest BCUT2D eigenvalue weighted by Crippen LogP contribution is -2.12. The van der Waals surface area contributed by atoms with Crippen molar-refractivity contribution < 1.29 is 4.39 Å². The van der Waals surface area contributed by atoms with Crippen molar-refractivity contribution in [3.8, 4) is 11.1 Å². The Morgan fingerprint density at radius 1 is 0.381 bits per heavy atom. The molecule has 0 amide bonds. The van der Waals surface area contributed by atoms with E-state index in [0.29, 0.717) is 0 Å². The van der Waals surface area contributed by atoms with Crippen LogP contribution in [-0.4, -0.2) is 15.7 Å². The van der Waals surface area contributed by atoms with Crippen molar-refractivity contribution in [2.24, 2.45) is 0 Å². The summed E-state index contributed by atoms with van der Waals surface area (Å²) in [5.74, 6) is -0.249. The topological polar surface area (TPSA) is 6.48 Å². The van der Waals surface area contributed by atoms with E-state index < -0.39 is 0 Å². The lowest BCUT2D eigenvalue weighted by Gasteiger charge is -2.26. The van der Waals surface area contributed by atoms with Crippen molar-refractivity contribution in [2.75, 3.05) is 9.80 Å². The maximum Gasteiger partial charge on any atom is 0.139 e. The highest BCUT2D eigenvalue weighted by Crippen LogP contribution is 2.37. The first kappa shape index (κ1) is 27.6. The molecule has 0 aromatic heterocycles. The lowest BCUT2D eigenvalue weighted by atomic mass is 9.95. The standard InChI is InChI=1S/C36H30B2FN2P/c37-27-5-15-32(16-6-27)40(33-17-7-28(38)8-18-33)30-11-1-25(2-12-30)26-3-13-31(14-4-26)41(34-19-9-29(39)10-20-34)35-21-23-36(42)24-22-35/h1-24H,37-38,42H2. The van der Waals surface area contributed by atoms with Gasteiger partial charge in [0.05, 0.1) is 0 Å². The normalized spacial score (nSPS) is 10.8. The quantitative estimate of drug-likeness (QED) is 0.163. The Morgan fingerprint density at radius 2 is 0.643 bits per heavy atom. The van der Waals surface area contributed by atoms with E-state index in [1.807, 2.05) is 12.1 Å². The predicted octanol–water partition coefficient (Wildman–Crippen LogP) is 6.45. The van der Waals surface area contributed by atoms with E-state index in [4.69, 9.17) is 0 Å². The molecule has 1 atom stereocenters. The molecule has 6 rings (SSSR count). The predicted molar refractivity (Wildman–Crippen MR) is 187 cm³/mol. The van der Waals surface area contributed by atoms with Crippen LogP contribution in [0.5, 0.6) is 0 Å². The molecule has 0 saturated heterocycles. The molecule has 0 aliphatic carbocycles. The van der Waals surface area contributed by atoms with Gasteiger partial charge in [-0.15, -0.1) is 9.24 Å². The molecule has 6 aromatic carbocycles. The third-order valence-corrected chi connectivity index (χ3v) is 7.79. The molecule has 2 nitrogen and oxygen atoms in total. The van der Waals surface area contributed by atoms with Crippen molar-refractivity contribution in [2.45, 2.75) is 0 Å². The zero-order chi connectivity index (χ0) is 29.1. The first-order valence-corrected chi connectivity index (χ1v) is 14.6. The summed E-state index contributed by atoms with van der Waals surface area (Å²) in [6.45, 7) is 0. The average molecular weight is 562 g/mol. The number of benzene rings is 6. The van der Waals surface area contributed by atoms with Gasteiger partial charge in [-0.3, -0.25) is 0 Å². The van der Waals surface area contributed by atoms with Gasteiger partial charge in [-0.05, 0) is 101 Å². The third-order valence-electron chi connectivity index (χ3n) is 7.40. The number of halogens is 1. The Labute approximate surface area is 251 Å². The van der Waals surface area contributed by atoms with Gasteiger partial charge in [0.15, 0.2) is 0 Å². The minimum Gasteiger partial charge on any atom is -0.311 e. The van der Waals surface area contributed by atoms with Crippen molar-refractivity contribution in [1.29, 1.82) is 0 Å². The fourth-order valence-electron chi connectivity index (χ4n) is 5.10. The van der Waals surface area contributed by atoms with Crippen LogP contribution < -0.4 is 26.0 Å². The summed E-state index contributed by atoms with van der Waals surface area (Å²) in [7, 11) is 6.94. The monoisotopic (exact) mass is 562 g/mol. The first-order chi connectivity index (χ1) is 20.4. The summed E-state index contributed by atoms with van der Waals surface area (Å²) in [4.78, 5) is 4.42. The Hall–Kier alpha value is -4.59. The molecule has 0 saturated carbocycles. The Balaban J connectivity index is 1.31. The molecule has 0 radical (unpaired) electrons. The number of hydrogen-bond acceptors (Lipinski definition) is 2. The summed E-state index contributed by atoms with van der Waals surface area (Å²) < 4.78 is 13.7. The van der Waals surface area contributed by atoms with Crippen molar-refractivity contribution in [3.63, 3.8) is 0 Å². The van der Waals surface area contributed by atoms with Crippen LogP contribution in [0, 0.1) is 5.82 Å². The highest BCUT2D eigenvalue weighted by Gasteiger charge is 2.15. The first-order valence-electron chi connectivity index (χ1n) is 14.0. The van der Waals surface area contributed by atoms with Gasteiger partial charge < -0.3 is 9.80 Å². The highest BCUT2D eigenvalue weighted by atomic mass is 31.0. The van der Waals surface area contributed by atoms with Crippen LogP contribution in [0.4, 0.5) is 38.5 Å². The number of rotatable bonds is 7. The Morgan fingerprint density at radius 3 is 0.976 bits per heavy atom.